The highest BCUT2D eigenvalue weighted by atomic mass is 35.5. The zero-order valence-electron chi connectivity index (χ0n) is 10.1. The number of rotatable bonds is 2. The molecule has 106 valence electrons. The van der Waals surface area contributed by atoms with E-state index in [1.165, 1.54) is 18.2 Å². The van der Waals surface area contributed by atoms with Crippen LogP contribution in [0.4, 0.5) is 18.9 Å². The van der Waals surface area contributed by atoms with Crippen molar-refractivity contribution in [1.82, 2.24) is 4.57 Å². The van der Waals surface area contributed by atoms with Gasteiger partial charge < -0.3 is 5.73 Å². The first-order valence-electron chi connectivity index (χ1n) is 5.60. The van der Waals surface area contributed by atoms with Crippen LogP contribution < -0.4 is 11.3 Å². The normalized spacial score (nSPS) is 11.6. The van der Waals surface area contributed by atoms with Gasteiger partial charge in [-0.15, -0.1) is 0 Å². The average molecular weight is 303 g/mol. The lowest BCUT2D eigenvalue weighted by atomic mass is 10.2. The number of nitrogens with two attached hydrogens (primary N) is 1. The van der Waals surface area contributed by atoms with Crippen molar-refractivity contribution in [2.75, 3.05) is 5.73 Å². The summed E-state index contributed by atoms with van der Waals surface area (Å²) >= 11 is 5.91. The molecule has 0 amide bonds. The van der Waals surface area contributed by atoms with Gasteiger partial charge in [0, 0.05) is 16.8 Å². The molecule has 1 aromatic carbocycles. The van der Waals surface area contributed by atoms with Crippen molar-refractivity contribution in [3.8, 4) is 0 Å². The molecule has 0 aliphatic heterocycles. The molecular formula is C13H10ClF3N2O. The van der Waals surface area contributed by atoms with Crippen LogP contribution in [0.25, 0.3) is 0 Å². The number of halogens is 4. The molecule has 0 bridgehead atoms. The maximum Gasteiger partial charge on any atom is 0.431 e. The summed E-state index contributed by atoms with van der Waals surface area (Å²) in [5.74, 6) is 0. The van der Waals surface area contributed by atoms with Crippen molar-refractivity contribution < 1.29 is 13.2 Å². The fourth-order valence-electron chi connectivity index (χ4n) is 1.82. The van der Waals surface area contributed by atoms with Crippen molar-refractivity contribution in [3.05, 3.63) is 63.0 Å². The van der Waals surface area contributed by atoms with Crippen molar-refractivity contribution in [2.45, 2.75) is 12.7 Å². The van der Waals surface area contributed by atoms with E-state index < -0.39 is 17.4 Å². The summed E-state index contributed by atoms with van der Waals surface area (Å²) in [4.78, 5) is 11.7. The molecule has 20 heavy (non-hydrogen) atoms. The van der Waals surface area contributed by atoms with E-state index in [1.54, 1.807) is 0 Å². The molecule has 0 fully saturated rings. The first-order valence-corrected chi connectivity index (χ1v) is 5.98. The minimum atomic E-state index is -4.62. The third kappa shape index (κ3) is 2.96. The van der Waals surface area contributed by atoms with Gasteiger partial charge in [0.05, 0.1) is 6.54 Å². The second-order valence-electron chi connectivity index (χ2n) is 4.18. The summed E-state index contributed by atoms with van der Waals surface area (Å²) in [7, 11) is 0. The SMILES string of the molecule is Nc1ccc(Cl)c(Cn2c(C(F)(F)F)cccc2=O)c1. The predicted octanol–water partition coefficient (Wildman–Crippen LogP) is 3.15. The third-order valence-corrected chi connectivity index (χ3v) is 3.11. The van der Waals surface area contributed by atoms with E-state index in [1.807, 2.05) is 0 Å². The Hall–Kier alpha value is -1.95. The summed E-state index contributed by atoms with van der Waals surface area (Å²) in [5, 5.41) is 0.253. The van der Waals surface area contributed by atoms with Crippen LogP contribution in [-0.2, 0) is 12.7 Å². The largest absolute Gasteiger partial charge is 0.431 e. The van der Waals surface area contributed by atoms with Gasteiger partial charge in [-0.3, -0.25) is 9.36 Å². The molecule has 0 radical (unpaired) electrons. The third-order valence-electron chi connectivity index (χ3n) is 2.74. The first kappa shape index (κ1) is 14.5. The van der Waals surface area contributed by atoms with Crippen LogP contribution in [0.3, 0.4) is 0 Å². The summed E-state index contributed by atoms with van der Waals surface area (Å²) in [5.41, 5.74) is 4.51. The molecule has 0 unspecified atom stereocenters. The molecule has 0 aliphatic carbocycles. The molecule has 1 heterocycles. The van der Waals surface area contributed by atoms with Crippen LogP contribution in [0.1, 0.15) is 11.3 Å². The molecule has 1 aromatic heterocycles. The van der Waals surface area contributed by atoms with Crippen LogP contribution in [0.5, 0.6) is 0 Å². The van der Waals surface area contributed by atoms with Gasteiger partial charge in [0.1, 0.15) is 5.69 Å². The highest BCUT2D eigenvalue weighted by molar-refractivity contribution is 6.31. The number of anilines is 1. The van der Waals surface area contributed by atoms with E-state index in [0.717, 1.165) is 18.2 Å². The molecule has 0 aliphatic rings. The number of aromatic nitrogens is 1. The molecule has 0 spiro atoms. The topological polar surface area (TPSA) is 48.0 Å². The zero-order chi connectivity index (χ0) is 14.9. The Balaban J connectivity index is 2.54. The minimum absolute atomic E-state index is 0.253. The Labute approximate surface area is 117 Å². The average Bonchev–Trinajstić information content (AvgIpc) is 2.35. The summed E-state index contributed by atoms with van der Waals surface area (Å²) in [6.07, 6.45) is -4.62. The maximum absolute atomic E-state index is 12.9. The van der Waals surface area contributed by atoms with Gasteiger partial charge in [-0.25, -0.2) is 0 Å². The van der Waals surface area contributed by atoms with Gasteiger partial charge in [0.15, 0.2) is 0 Å². The number of nitrogens with zero attached hydrogens (tertiary/aromatic N) is 1. The Bertz CT molecular complexity index is 695. The zero-order valence-corrected chi connectivity index (χ0v) is 10.9. The van der Waals surface area contributed by atoms with E-state index in [2.05, 4.69) is 0 Å². The highest BCUT2D eigenvalue weighted by Crippen LogP contribution is 2.29. The lowest BCUT2D eigenvalue weighted by molar-refractivity contribution is -0.144. The minimum Gasteiger partial charge on any atom is -0.399 e. The van der Waals surface area contributed by atoms with Crippen molar-refractivity contribution >= 4 is 17.3 Å². The fourth-order valence-corrected chi connectivity index (χ4v) is 1.99. The summed E-state index contributed by atoms with van der Waals surface area (Å²) < 4.78 is 39.3. The van der Waals surface area contributed by atoms with Crippen LogP contribution in [0.15, 0.2) is 41.2 Å². The number of pyridine rings is 1. The monoisotopic (exact) mass is 302 g/mol. The second kappa shape index (κ2) is 5.20. The molecule has 0 atom stereocenters. The molecule has 0 saturated carbocycles. The van der Waals surface area contributed by atoms with E-state index >= 15 is 0 Å². The van der Waals surface area contributed by atoms with Crippen LogP contribution in [-0.4, -0.2) is 4.57 Å². The molecular weight excluding hydrogens is 293 g/mol. The van der Waals surface area contributed by atoms with Crippen LogP contribution >= 0.6 is 11.6 Å². The van der Waals surface area contributed by atoms with Gasteiger partial charge in [-0.1, -0.05) is 17.7 Å². The number of hydrogen-bond acceptors (Lipinski definition) is 2. The summed E-state index contributed by atoms with van der Waals surface area (Å²) in [6, 6.07) is 7.44. The Morgan fingerprint density at radius 2 is 1.90 bits per heavy atom. The molecule has 3 nitrogen and oxygen atoms in total. The van der Waals surface area contributed by atoms with Crippen molar-refractivity contribution in [2.24, 2.45) is 0 Å². The molecule has 2 N–H and O–H groups in total. The fraction of sp³-hybridized carbons (Fsp3) is 0.154. The standard InChI is InChI=1S/C13H10ClF3N2O/c14-10-5-4-9(18)6-8(10)7-19-11(13(15,16)17)2-1-3-12(19)20/h1-6H,7,18H2. The number of hydrogen-bond donors (Lipinski definition) is 1. The van der Waals surface area contributed by atoms with Gasteiger partial charge in [0.2, 0.25) is 0 Å². The summed E-state index contributed by atoms with van der Waals surface area (Å²) in [6.45, 7) is -0.293. The van der Waals surface area contributed by atoms with Crippen molar-refractivity contribution in [1.29, 1.82) is 0 Å². The second-order valence-corrected chi connectivity index (χ2v) is 4.59. The number of alkyl halides is 3. The molecule has 0 saturated heterocycles. The Kier molecular flexibility index (Phi) is 3.76. The van der Waals surface area contributed by atoms with Gasteiger partial charge >= 0.3 is 6.18 Å². The van der Waals surface area contributed by atoms with Gasteiger partial charge in [0.25, 0.3) is 5.56 Å². The molecule has 2 rings (SSSR count). The van der Waals surface area contributed by atoms with E-state index in [0.29, 0.717) is 15.8 Å². The number of nitrogen functional groups attached to an aromatic ring is 1. The smallest absolute Gasteiger partial charge is 0.399 e. The van der Waals surface area contributed by atoms with Gasteiger partial charge in [-0.05, 0) is 29.8 Å². The molecule has 7 heteroatoms. The van der Waals surface area contributed by atoms with E-state index in [-0.39, 0.29) is 11.6 Å². The van der Waals surface area contributed by atoms with E-state index in [4.69, 9.17) is 17.3 Å². The van der Waals surface area contributed by atoms with E-state index in [9.17, 15) is 18.0 Å². The quantitative estimate of drug-likeness (QED) is 0.866. The highest BCUT2D eigenvalue weighted by Gasteiger charge is 2.34. The number of benzene rings is 1. The molecule has 2 aromatic rings. The maximum atomic E-state index is 12.9. The lowest BCUT2D eigenvalue weighted by Gasteiger charge is -2.15. The van der Waals surface area contributed by atoms with Crippen LogP contribution in [0, 0.1) is 0 Å². The predicted molar refractivity (Wildman–Crippen MR) is 70.7 cm³/mol. The lowest BCUT2D eigenvalue weighted by Crippen LogP contribution is -2.27. The first-order chi connectivity index (χ1) is 9.29. The van der Waals surface area contributed by atoms with Gasteiger partial charge in [-0.2, -0.15) is 13.2 Å². The van der Waals surface area contributed by atoms with Crippen LogP contribution in [0.2, 0.25) is 5.02 Å². The van der Waals surface area contributed by atoms with Crippen molar-refractivity contribution in [3.63, 3.8) is 0 Å². The Morgan fingerprint density at radius 1 is 1.20 bits per heavy atom. The Morgan fingerprint density at radius 3 is 2.55 bits per heavy atom.